The molecule has 1 aliphatic rings. The highest BCUT2D eigenvalue weighted by Crippen LogP contribution is 1.99. The van der Waals surface area contributed by atoms with E-state index in [1.54, 1.807) is 0 Å². The topological polar surface area (TPSA) is 73.5 Å². The van der Waals surface area contributed by atoms with Crippen molar-refractivity contribution in [2.45, 2.75) is 32.5 Å². The maximum Gasteiger partial charge on any atom is 0.328 e. The van der Waals surface area contributed by atoms with E-state index in [9.17, 15) is 9.59 Å². The standard InChI is InChI=1S/C11H20N4O2/c1-3-5-6-7-12-9-13-10(16)15(8-4-2)11(17)14-9/h4,9,12H,2-3,5-8H2,1H3,(H,13,16)(H,14,17). The number of amides is 4. The van der Waals surface area contributed by atoms with E-state index < -0.39 is 18.4 Å². The van der Waals surface area contributed by atoms with Crippen molar-refractivity contribution >= 4 is 12.1 Å². The summed E-state index contributed by atoms with van der Waals surface area (Å²) in [7, 11) is 0. The Labute approximate surface area is 101 Å². The molecule has 1 rings (SSSR count). The second-order valence-corrected chi connectivity index (χ2v) is 3.89. The van der Waals surface area contributed by atoms with Crippen LogP contribution in [0.1, 0.15) is 26.2 Å². The van der Waals surface area contributed by atoms with Gasteiger partial charge in [0.1, 0.15) is 0 Å². The molecule has 0 unspecified atom stereocenters. The van der Waals surface area contributed by atoms with Gasteiger partial charge in [-0.25, -0.2) is 14.5 Å². The smallest absolute Gasteiger partial charge is 0.305 e. The van der Waals surface area contributed by atoms with E-state index in [2.05, 4.69) is 29.5 Å². The van der Waals surface area contributed by atoms with E-state index in [1.165, 1.54) is 6.08 Å². The second kappa shape index (κ2) is 6.90. The molecule has 1 saturated heterocycles. The van der Waals surface area contributed by atoms with E-state index in [4.69, 9.17) is 0 Å². The predicted octanol–water partition coefficient (Wildman–Crippen LogP) is 0.971. The van der Waals surface area contributed by atoms with Gasteiger partial charge in [0.2, 0.25) is 0 Å². The fourth-order valence-corrected chi connectivity index (χ4v) is 1.55. The molecule has 3 N–H and O–H groups in total. The summed E-state index contributed by atoms with van der Waals surface area (Å²) in [6.07, 6.45) is 4.32. The van der Waals surface area contributed by atoms with Crippen LogP contribution in [0, 0.1) is 0 Å². The largest absolute Gasteiger partial charge is 0.328 e. The number of carbonyl (C=O) groups is 2. The van der Waals surface area contributed by atoms with E-state index in [0.29, 0.717) is 0 Å². The van der Waals surface area contributed by atoms with E-state index >= 15 is 0 Å². The Morgan fingerprint density at radius 3 is 2.53 bits per heavy atom. The summed E-state index contributed by atoms with van der Waals surface area (Å²) in [5.74, 6) is 0. The van der Waals surface area contributed by atoms with Crippen molar-refractivity contribution in [1.29, 1.82) is 0 Å². The zero-order valence-electron chi connectivity index (χ0n) is 10.2. The molecule has 6 nitrogen and oxygen atoms in total. The number of urea groups is 2. The number of unbranched alkanes of at least 4 members (excludes halogenated alkanes) is 2. The minimum absolute atomic E-state index is 0.209. The molecular formula is C11H20N4O2. The molecule has 0 atom stereocenters. The summed E-state index contributed by atoms with van der Waals surface area (Å²) in [6.45, 7) is 6.59. The van der Waals surface area contributed by atoms with Crippen molar-refractivity contribution in [2.24, 2.45) is 0 Å². The Kier molecular flexibility index (Phi) is 5.48. The lowest BCUT2D eigenvalue weighted by molar-refractivity contribution is 0.163. The van der Waals surface area contributed by atoms with Gasteiger partial charge in [-0.05, 0) is 13.0 Å². The average Bonchev–Trinajstić information content (AvgIpc) is 2.29. The molecule has 0 aromatic carbocycles. The first-order valence-corrected chi connectivity index (χ1v) is 5.91. The summed E-state index contributed by atoms with van der Waals surface area (Å²) in [4.78, 5) is 24.2. The molecule has 0 saturated carbocycles. The summed E-state index contributed by atoms with van der Waals surface area (Å²) in [6, 6.07) is -0.803. The van der Waals surface area contributed by atoms with Crippen molar-refractivity contribution in [3.05, 3.63) is 12.7 Å². The van der Waals surface area contributed by atoms with Gasteiger partial charge in [0, 0.05) is 6.54 Å². The molecule has 1 fully saturated rings. The lowest BCUT2D eigenvalue weighted by Gasteiger charge is -2.32. The summed E-state index contributed by atoms with van der Waals surface area (Å²) >= 11 is 0. The predicted molar refractivity (Wildman–Crippen MR) is 65.3 cm³/mol. The molecule has 1 heterocycles. The number of nitrogens with one attached hydrogen (secondary N) is 3. The maximum atomic E-state index is 11.6. The van der Waals surface area contributed by atoms with Crippen LogP contribution in [0.4, 0.5) is 9.59 Å². The van der Waals surface area contributed by atoms with Crippen LogP contribution in [-0.4, -0.2) is 36.3 Å². The molecule has 17 heavy (non-hydrogen) atoms. The first kappa shape index (κ1) is 13.5. The third kappa shape index (κ3) is 4.07. The monoisotopic (exact) mass is 240 g/mol. The van der Waals surface area contributed by atoms with Crippen LogP contribution in [-0.2, 0) is 0 Å². The molecule has 0 spiro atoms. The van der Waals surface area contributed by atoms with Crippen molar-refractivity contribution in [3.63, 3.8) is 0 Å². The Bertz CT molecular complexity index is 275. The number of rotatable bonds is 7. The van der Waals surface area contributed by atoms with E-state index in [0.717, 1.165) is 30.7 Å². The normalized spacial score (nSPS) is 16.6. The van der Waals surface area contributed by atoms with Gasteiger partial charge < -0.3 is 10.6 Å². The number of carbonyl (C=O) groups excluding carboxylic acids is 2. The summed E-state index contributed by atoms with van der Waals surface area (Å²) in [5, 5.41) is 8.37. The SMILES string of the molecule is C=CCN1C(=O)NC(NCCCCC)NC1=O. The molecule has 0 radical (unpaired) electrons. The average molecular weight is 240 g/mol. The van der Waals surface area contributed by atoms with Crippen LogP contribution in [0.2, 0.25) is 0 Å². The highest BCUT2D eigenvalue weighted by Gasteiger charge is 2.29. The van der Waals surface area contributed by atoms with Gasteiger partial charge in [0.15, 0.2) is 6.29 Å². The molecule has 1 aliphatic heterocycles. The Morgan fingerprint density at radius 2 is 2.00 bits per heavy atom. The number of nitrogens with zero attached hydrogens (tertiary/aromatic N) is 1. The Balaban J connectivity index is 2.35. The third-order valence-electron chi connectivity index (χ3n) is 2.47. The van der Waals surface area contributed by atoms with E-state index in [1.807, 2.05) is 0 Å². The Morgan fingerprint density at radius 1 is 1.35 bits per heavy atom. The van der Waals surface area contributed by atoms with Crippen LogP contribution in [0.25, 0.3) is 0 Å². The summed E-state index contributed by atoms with van der Waals surface area (Å²) in [5.41, 5.74) is 0. The highest BCUT2D eigenvalue weighted by atomic mass is 16.2. The molecule has 6 heteroatoms. The Hall–Kier alpha value is -1.56. The molecular weight excluding hydrogens is 220 g/mol. The van der Waals surface area contributed by atoms with Crippen molar-refractivity contribution < 1.29 is 9.59 Å². The molecule has 0 aromatic heterocycles. The number of hydrogen-bond donors (Lipinski definition) is 3. The first-order chi connectivity index (χ1) is 8.19. The molecule has 0 aromatic rings. The van der Waals surface area contributed by atoms with Gasteiger partial charge in [0.05, 0.1) is 0 Å². The van der Waals surface area contributed by atoms with Gasteiger partial charge >= 0.3 is 12.1 Å². The molecule has 4 amide bonds. The van der Waals surface area contributed by atoms with Crippen LogP contribution >= 0.6 is 0 Å². The van der Waals surface area contributed by atoms with Crippen LogP contribution < -0.4 is 16.0 Å². The van der Waals surface area contributed by atoms with Gasteiger partial charge in [-0.15, -0.1) is 6.58 Å². The molecule has 0 aliphatic carbocycles. The fraction of sp³-hybridized carbons (Fsp3) is 0.636. The fourth-order valence-electron chi connectivity index (χ4n) is 1.55. The number of imide groups is 1. The summed E-state index contributed by atoms with van der Waals surface area (Å²) < 4.78 is 0. The minimum Gasteiger partial charge on any atom is -0.305 e. The minimum atomic E-state index is -0.479. The van der Waals surface area contributed by atoms with Crippen molar-refractivity contribution in [3.8, 4) is 0 Å². The van der Waals surface area contributed by atoms with Crippen LogP contribution in [0.3, 0.4) is 0 Å². The van der Waals surface area contributed by atoms with Gasteiger partial charge in [-0.2, -0.15) is 0 Å². The van der Waals surface area contributed by atoms with Gasteiger partial charge in [-0.3, -0.25) is 5.32 Å². The van der Waals surface area contributed by atoms with E-state index in [-0.39, 0.29) is 6.54 Å². The van der Waals surface area contributed by atoms with Crippen LogP contribution in [0.5, 0.6) is 0 Å². The quantitative estimate of drug-likeness (QED) is 0.458. The third-order valence-corrected chi connectivity index (χ3v) is 2.47. The lowest BCUT2D eigenvalue weighted by Crippen LogP contribution is -2.67. The van der Waals surface area contributed by atoms with Crippen LogP contribution in [0.15, 0.2) is 12.7 Å². The number of hydrogen-bond acceptors (Lipinski definition) is 3. The second-order valence-electron chi connectivity index (χ2n) is 3.89. The van der Waals surface area contributed by atoms with Gasteiger partial charge in [0.25, 0.3) is 0 Å². The van der Waals surface area contributed by atoms with Gasteiger partial charge in [-0.1, -0.05) is 25.8 Å². The zero-order valence-corrected chi connectivity index (χ0v) is 10.2. The highest BCUT2D eigenvalue weighted by molar-refractivity contribution is 5.96. The van der Waals surface area contributed by atoms with Crippen molar-refractivity contribution in [1.82, 2.24) is 20.9 Å². The maximum absolute atomic E-state index is 11.6. The molecule has 0 bridgehead atoms. The molecule has 96 valence electrons. The first-order valence-electron chi connectivity index (χ1n) is 5.91. The zero-order chi connectivity index (χ0) is 12.7. The lowest BCUT2D eigenvalue weighted by atomic mass is 10.2. The van der Waals surface area contributed by atoms with Crippen molar-refractivity contribution in [2.75, 3.05) is 13.1 Å².